The minimum atomic E-state index is -0.265. The van der Waals surface area contributed by atoms with Crippen molar-refractivity contribution in [2.45, 2.75) is 26.2 Å². The van der Waals surface area contributed by atoms with Crippen molar-refractivity contribution in [1.82, 2.24) is 10.6 Å². The highest BCUT2D eigenvalue weighted by atomic mass is 79.9. The molecule has 0 unspecified atom stereocenters. The Morgan fingerprint density at radius 3 is 2.83 bits per heavy atom. The number of guanidine groups is 1. The number of methoxy groups -OCH3 is 1. The molecule has 0 aliphatic heterocycles. The van der Waals surface area contributed by atoms with Crippen LogP contribution in [0.1, 0.15) is 25.3 Å². The van der Waals surface area contributed by atoms with Crippen LogP contribution in [0.25, 0.3) is 0 Å². The van der Waals surface area contributed by atoms with Crippen molar-refractivity contribution in [2.24, 2.45) is 4.99 Å². The number of hydrogen-bond acceptors (Lipinski definition) is 3. The van der Waals surface area contributed by atoms with Crippen molar-refractivity contribution in [1.29, 1.82) is 0 Å². The van der Waals surface area contributed by atoms with E-state index in [1.54, 1.807) is 6.07 Å². The number of aliphatic imine (C=N–C) groups is 1. The molecule has 0 heterocycles. The van der Waals surface area contributed by atoms with Gasteiger partial charge in [0.15, 0.2) is 5.96 Å². The molecule has 1 aromatic carbocycles. The van der Waals surface area contributed by atoms with E-state index in [2.05, 4.69) is 36.3 Å². The van der Waals surface area contributed by atoms with Crippen LogP contribution in [-0.2, 0) is 16.0 Å². The summed E-state index contributed by atoms with van der Waals surface area (Å²) in [7, 11) is 1.36. The van der Waals surface area contributed by atoms with Crippen molar-refractivity contribution in [3.8, 4) is 0 Å². The number of benzene rings is 1. The Bertz CT molecular complexity index is 538. The molecule has 0 spiro atoms. The van der Waals surface area contributed by atoms with Gasteiger partial charge in [0.2, 0.25) is 0 Å². The van der Waals surface area contributed by atoms with Crippen LogP contribution in [0, 0.1) is 5.82 Å². The Hall–Kier alpha value is -1.63. The molecule has 0 atom stereocenters. The van der Waals surface area contributed by atoms with E-state index in [1.807, 2.05) is 13.0 Å². The average Bonchev–Trinajstić information content (AvgIpc) is 2.52. The van der Waals surface area contributed by atoms with E-state index < -0.39 is 0 Å². The second-order valence-corrected chi connectivity index (χ2v) is 5.77. The maximum absolute atomic E-state index is 13.7. The van der Waals surface area contributed by atoms with Crippen LogP contribution in [0.15, 0.2) is 27.7 Å². The van der Waals surface area contributed by atoms with E-state index in [9.17, 15) is 9.18 Å². The molecule has 0 saturated heterocycles. The van der Waals surface area contributed by atoms with Gasteiger partial charge >= 0.3 is 5.97 Å². The Morgan fingerprint density at radius 1 is 1.39 bits per heavy atom. The zero-order chi connectivity index (χ0) is 17.1. The minimum absolute atomic E-state index is 0.202. The number of aryl methyl sites for hydroxylation is 1. The molecule has 0 aliphatic rings. The van der Waals surface area contributed by atoms with Gasteiger partial charge in [-0.2, -0.15) is 0 Å². The van der Waals surface area contributed by atoms with Gasteiger partial charge in [-0.05, 0) is 37.5 Å². The van der Waals surface area contributed by atoms with E-state index in [-0.39, 0.29) is 18.2 Å². The lowest BCUT2D eigenvalue weighted by molar-refractivity contribution is -0.140. The number of esters is 1. The number of carbonyl (C=O) groups is 1. The van der Waals surface area contributed by atoms with Crippen LogP contribution in [-0.4, -0.2) is 38.7 Å². The van der Waals surface area contributed by atoms with Crippen LogP contribution in [0.4, 0.5) is 4.39 Å². The average molecular weight is 388 g/mol. The number of halogens is 2. The minimum Gasteiger partial charge on any atom is -0.469 e. The molecule has 0 aromatic heterocycles. The molecule has 128 valence electrons. The number of carbonyl (C=O) groups excluding carboxylic acids is 1. The third kappa shape index (κ3) is 7.97. The monoisotopic (exact) mass is 387 g/mol. The van der Waals surface area contributed by atoms with E-state index in [0.717, 1.165) is 17.4 Å². The fourth-order valence-corrected chi connectivity index (χ4v) is 2.24. The molecule has 0 saturated carbocycles. The maximum Gasteiger partial charge on any atom is 0.307 e. The third-order valence-electron chi connectivity index (χ3n) is 3.08. The van der Waals surface area contributed by atoms with E-state index >= 15 is 0 Å². The fourth-order valence-electron chi connectivity index (χ4n) is 1.91. The highest BCUT2D eigenvalue weighted by Crippen LogP contribution is 2.16. The van der Waals surface area contributed by atoms with Crippen LogP contribution in [0.5, 0.6) is 0 Å². The molecule has 0 amide bonds. The van der Waals surface area contributed by atoms with Gasteiger partial charge in [-0.15, -0.1) is 0 Å². The highest BCUT2D eigenvalue weighted by molar-refractivity contribution is 9.10. The van der Waals surface area contributed by atoms with Gasteiger partial charge in [0, 0.05) is 24.1 Å². The summed E-state index contributed by atoms with van der Waals surface area (Å²) in [6.07, 6.45) is 1.65. The summed E-state index contributed by atoms with van der Waals surface area (Å²) in [6, 6.07) is 5.08. The van der Waals surface area contributed by atoms with Gasteiger partial charge in [0.1, 0.15) is 5.82 Å². The molecule has 5 nitrogen and oxygen atoms in total. The fraction of sp³-hybridized carbons (Fsp3) is 0.500. The molecule has 0 bridgehead atoms. The molecular formula is C16H23BrFN3O2. The van der Waals surface area contributed by atoms with Gasteiger partial charge < -0.3 is 15.4 Å². The zero-order valence-corrected chi connectivity index (χ0v) is 15.1. The summed E-state index contributed by atoms with van der Waals surface area (Å²) in [5.41, 5.74) is 0.687. The second kappa shape index (κ2) is 11.0. The summed E-state index contributed by atoms with van der Waals surface area (Å²) >= 11 is 3.24. The predicted octanol–water partition coefficient (Wildman–Crippen LogP) is 2.64. The first kappa shape index (κ1) is 19.4. The molecule has 0 fully saturated rings. The van der Waals surface area contributed by atoms with Crippen molar-refractivity contribution in [2.75, 3.05) is 26.7 Å². The van der Waals surface area contributed by atoms with Crippen molar-refractivity contribution >= 4 is 27.9 Å². The molecule has 7 heteroatoms. The number of nitrogens with one attached hydrogen (secondary N) is 2. The lowest BCUT2D eigenvalue weighted by Gasteiger charge is -2.10. The van der Waals surface area contributed by atoms with Crippen molar-refractivity contribution in [3.05, 3.63) is 34.1 Å². The normalized spacial score (nSPS) is 11.2. The molecule has 23 heavy (non-hydrogen) atoms. The van der Waals surface area contributed by atoms with Gasteiger partial charge in [-0.3, -0.25) is 9.79 Å². The Kier molecular flexibility index (Phi) is 9.28. The molecule has 1 rings (SSSR count). The first-order valence-electron chi connectivity index (χ1n) is 7.59. The topological polar surface area (TPSA) is 62.7 Å². The standard InChI is InChI=1S/C16H23BrFN3O2/c1-3-19-16(21-10-8-15(22)23-2)20-9-4-5-12-6-7-13(17)11-14(12)18/h6-7,11H,3-5,8-10H2,1-2H3,(H2,19,20,21). The quantitative estimate of drug-likeness (QED) is 0.311. The Balaban J connectivity index is 2.39. The van der Waals surface area contributed by atoms with Gasteiger partial charge in [0.05, 0.1) is 13.5 Å². The van der Waals surface area contributed by atoms with Gasteiger partial charge in [0.25, 0.3) is 0 Å². The van der Waals surface area contributed by atoms with Crippen LogP contribution >= 0.6 is 15.9 Å². The van der Waals surface area contributed by atoms with E-state index in [0.29, 0.717) is 31.0 Å². The largest absolute Gasteiger partial charge is 0.469 e. The SMILES string of the molecule is CCNC(=NCCCc1ccc(Br)cc1F)NCCC(=O)OC. The highest BCUT2D eigenvalue weighted by Gasteiger charge is 2.04. The lowest BCUT2D eigenvalue weighted by atomic mass is 10.1. The summed E-state index contributed by atoms with van der Waals surface area (Å²) in [6.45, 7) is 3.73. The molecule has 2 N–H and O–H groups in total. The lowest BCUT2D eigenvalue weighted by Crippen LogP contribution is -2.38. The number of ether oxygens (including phenoxy) is 1. The molecule has 1 aromatic rings. The maximum atomic E-state index is 13.7. The summed E-state index contributed by atoms with van der Waals surface area (Å²) < 4.78 is 19.0. The van der Waals surface area contributed by atoms with E-state index in [4.69, 9.17) is 0 Å². The van der Waals surface area contributed by atoms with Crippen molar-refractivity contribution < 1.29 is 13.9 Å². The van der Waals surface area contributed by atoms with E-state index in [1.165, 1.54) is 13.2 Å². The molecular weight excluding hydrogens is 365 g/mol. The van der Waals surface area contributed by atoms with Crippen LogP contribution in [0.3, 0.4) is 0 Å². The Morgan fingerprint density at radius 2 is 2.17 bits per heavy atom. The summed E-state index contributed by atoms with van der Waals surface area (Å²) in [5.74, 6) is 0.179. The number of nitrogens with zero attached hydrogens (tertiary/aromatic N) is 1. The third-order valence-corrected chi connectivity index (χ3v) is 3.58. The first-order valence-corrected chi connectivity index (χ1v) is 8.39. The molecule has 0 radical (unpaired) electrons. The van der Waals surface area contributed by atoms with Crippen LogP contribution < -0.4 is 10.6 Å². The van der Waals surface area contributed by atoms with Crippen LogP contribution in [0.2, 0.25) is 0 Å². The van der Waals surface area contributed by atoms with Gasteiger partial charge in [-0.1, -0.05) is 22.0 Å². The predicted molar refractivity (Wildman–Crippen MR) is 93.0 cm³/mol. The zero-order valence-electron chi connectivity index (χ0n) is 13.5. The summed E-state index contributed by atoms with van der Waals surface area (Å²) in [4.78, 5) is 15.5. The first-order chi connectivity index (χ1) is 11.1. The van der Waals surface area contributed by atoms with Gasteiger partial charge in [-0.25, -0.2) is 4.39 Å². The molecule has 0 aliphatic carbocycles. The Labute approximate surface area is 144 Å². The number of rotatable bonds is 8. The summed E-state index contributed by atoms with van der Waals surface area (Å²) in [5, 5.41) is 6.16. The number of hydrogen-bond donors (Lipinski definition) is 2. The van der Waals surface area contributed by atoms with Crippen molar-refractivity contribution in [3.63, 3.8) is 0 Å². The smallest absolute Gasteiger partial charge is 0.307 e. The second-order valence-electron chi connectivity index (χ2n) is 4.85.